The highest BCUT2D eigenvalue weighted by molar-refractivity contribution is 7.09. The number of rotatable bonds is 4. The summed E-state index contributed by atoms with van der Waals surface area (Å²) in [5, 5.41) is 3.15. The molecule has 0 amide bonds. The van der Waals surface area contributed by atoms with Gasteiger partial charge >= 0.3 is 0 Å². The lowest BCUT2D eigenvalue weighted by Gasteiger charge is -2.12. The summed E-state index contributed by atoms with van der Waals surface area (Å²) >= 11 is 1.66. The van der Waals surface area contributed by atoms with Crippen molar-refractivity contribution in [3.05, 3.63) is 69.8 Å². The molecule has 2 heterocycles. The summed E-state index contributed by atoms with van der Waals surface area (Å²) < 4.78 is 0. The molecular weight excluding hydrogens is 290 g/mol. The quantitative estimate of drug-likeness (QED) is 0.790. The summed E-state index contributed by atoms with van der Waals surface area (Å²) in [6.45, 7) is 4.24. The summed E-state index contributed by atoms with van der Waals surface area (Å²) in [5.74, 6) is 0. The number of nitrogens with two attached hydrogens (primary N) is 1. The van der Waals surface area contributed by atoms with Crippen LogP contribution in [0, 0.1) is 13.8 Å². The second kappa shape index (κ2) is 6.38. The van der Waals surface area contributed by atoms with E-state index in [9.17, 15) is 0 Å². The fraction of sp³-hybridized carbons (Fsp3) is 0.222. The van der Waals surface area contributed by atoms with Crippen LogP contribution < -0.4 is 5.73 Å². The molecule has 3 aromatic rings. The van der Waals surface area contributed by atoms with Gasteiger partial charge in [0.05, 0.1) is 10.7 Å². The highest BCUT2D eigenvalue weighted by Gasteiger charge is 2.11. The molecule has 0 spiro atoms. The number of aromatic nitrogens is 2. The van der Waals surface area contributed by atoms with Crippen LogP contribution in [0.1, 0.15) is 27.7 Å². The van der Waals surface area contributed by atoms with E-state index in [0.29, 0.717) is 0 Å². The highest BCUT2D eigenvalue weighted by Crippen LogP contribution is 2.25. The Morgan fingerprint density at radius 3 is 2.59 bits per heavy atom. The van der Waals surface area contributed by atoms with Crippen molar-refractivity contribution < 1.29 is 0 Å². The molecule has 1 aromatic carbocycles. The molecule has 0 bridgehead atoms. The predicted molar refractivity (Wildman–Crippen MR) is 91.9 cm³/mol. The van der Waals surface area contributed by atoms with E-state index in [4.69, 9.17) is 10.7 Å². The van der Waals surface area contributed by atoms with Gasteiger partial charge in [0.1, 0.15) is 0 Å². The Kier molecular flexibility index (Phi) is 4.32. The standard InChI is InChI=1S/C18H19N3S/c1-12-3-4-15(9-13(12)2)16(19)10-18-21-17(11-22-18)14-5-7-20-8-6-14/h3-9,11,16H,10,19H2,1-2H3. The van der Waals surface area contributed by atoms with E-state index in [2.05, 4.69) is 42.4 Å². The number of thiazole rings is 1. The second-order valence-corrected chi connectivity index (χ2v) is 6.46. The van der Waals surface area contributed by atoms with Crippen LogP contribution in [0.4, 0.5) is 0 Å². The van der Waals surface area contributed by atoms with E-state index in [1.165, 1.54) is 16.7 Å². The zero-order chi connectivity index (χ0) is 15.5. The molecule has 0 radical (unpaired) electrons. The highest BCUT2D eigenvalue weighted by atomic mass is 32.1. The second-order valence-electron chi connectivity index (χ2n) is 5.52. The molecule has 1 atom stereocenters. The summed E-state index contributed by atoms with van der Waals surface area (Å²) in [6, 6.07) is 10.4. The molecule has 4 heteroatoms. The lowest BCUT2D eigenvalue weighted by molar-refractivity contribution is 0.717. The zero-order valence-electron chi connectivity index (χ0n) is 12.8. The number of hydrogen-bond donors (Lipinski definition) is 1. The number of pyridine rings is 1. The minimum atomic E-state index is -0.0178. The van der Waals surface area contributed by atoms with Gasteiger partial charge in [-0.2, -0.15) is 0 Å². The van der Waals surface area contributed by atoms with Crippen LogP contribution in [0.3, 0.4) is 0 Å². The van der Waals surface area contributed by atoms with Crippen molar-refractivity contribution in [2.45, 2.75) is 26.3 Å². The number of hydrogen-bond acceptors (Lipinski definition) is 4. The van der Waals surface area contributed by atoms with Crippen molar-refractivity contribution in [2.75, 3.05) is 0 Å². The summed E-state index contributed by atoms with van der Waals surface area (Å²) in [6.07, 6.45) is 4.34. The van der Waals surface area contributed by atoms with E-state index < -0.39 is 0 Å². The van der Waals surface area contributed by atoms with Crippen LogP contribution in [0.15, 0.2) is 48.1 Å². The third-order valence-corrected chi connectivity index (χ3v) is 4.75. The largest absolute Gasteiger partial charge is 0.324 e. The van der Waals surface area contributed by atoms with Gasteiger partial charge in [-0.3, -0.25) is 4.98 Å². The predicted octanol–water partition coefficient (Wildman–Crippen LogP) is 4.06. The van der Waals surface area contributed by atoms with Crippen LogP contribution >= 0.6 is 11.3 Å². The Morgan fingerprint density at radius 1 is 1.09 bits per heavy atom. The first-order valence-corrected chi connectivity index (χ1v) is 8.19. The summed E-state index contributed by atoms with van der Waals surface area (Å²) in [5.41, 5.74) is 12.2. The molecule has 0 aliphatic heterocycles. The maximum Gasteiger partial charge on any atom is 0.0951 e. The number of nitrogens with zero attached hydrogens (tertiary/aromatic N) is 2. The van der Waals surface area contributed by atoms with E-state index in [0.717, 1.165) is 22.7 Å². The zero-order valence-corrected chi connectivity index (χ0v) is 13.6. The Hall–Kier alpha value is -2.04. The molecule has 112 valence electrons. The third kappa shape index (κ3) is 3.24. The van der Waals surface area contributed by atoms with Crippen molar-refractivity contribution in [1.29, 1.82) is 0 Å². The Morgan fingerprint density at radius 2 is 1.86 bits per heavy atom. The number of aryl methyl sites for hydroxylation is 2. The normalized spacial score (nSPS) is 12.3. The molecule has 0 saturated carbocycles. The maximum atomic E-state index is 6.35. The fourth-order valence-corrected chi connectivity index (χ4v) is 3.22. The van der Waals surface area contributed by atoms with Gasteiger partial charge in [0.2, 0.25) is 0 Å². The molecule has 3 rings (SSSR count). The lowest BCUT2D eigenvalue weighted by atomic mass is 10.00. The van der Waals surface area contributed by atoms with Gasteiger partial charge in [-0.15, -0.1) is 11.3 Å². The van der Waals surface area contributed by atoms with Gasteiger partial charge in [0.25, 0.3) is 0 Å². The van der Waals surface area contributed by atoms with Crippen molar-refractivity contribution in [1.82, 2.24) is 9.97 Å². The molecule has 0 aliphatic rings. The molecule has 22 heavy (non-hydrogen) atoms. The third-order valence-electron chi connectivity index (χ3n) is 3.88. The minimum Gasteiger partial charge on any atom is -0.324 e. The van der Waals surface area contributed by atoms with Gasteiger partial charge in [-0.1, -0.05) is 18.2 Å². The SMILES string of the molecule is Cc1ccc(C(N)Cc2nc(-c3ccncc3)cs2)cc1C. The topological polar surface area (TPSA) is 51.8 Å². The first-order chi connectivity index (χ1) is 10.6. The van der Waals surface area contributed by atoms with E-state index in [1.807, 2.05) is 12.1 Å². The summed E-state index contributed by atoms with van der Waals surface area (Å²) in [4.78, 5) is 8.73. The van der Waals surface area contributed by atoms with Gasteiger partial charge in [-0.05, 0) is 42.7 Å². The Labute approximate surface area is 134 Å². The average Bonchev–Trinajstić information content (AvgIpc) is 2.99. The van der Waals surface area contributed by atoms with E-state index >= 15 is 0 Å². The Bertz CT molecular complexity index is 765. The first kappa shape index (κ1) is 14.9. The number of benzene rings is 1. The van der Waals surface area contributed by atoms with Gasteiger partial charge < -0.3 is 5.73 Å². The van der Waals surface area contributed by atoms with Gasteiger partial charge in [0.15, 0.2) is 0 Å². The van der Waals surface area contributed by atoms with Crippen molar-refractivity contribution in [2.24, 2.45) is 5.73 Å². The van der Waals surface area contributed by atoms with Crippen LogP contribution in [0.2, 0.25) is 0 Å². The van der Waals surface area contributed by atoms with Gasteiger partial charge in [-0.25, -0.2) is 4.98 Å². The van der Waals surface area contributed by atoms with Crippen LogP contribution in [0.25, 0.3) is 11.3 Å². The van der Waals surface area contributed by atoms with E-state index in [1.54, 1.807) is 23.7 Å². The monoisotopic (exact) mass is 309 g/mol. The van der Waals surface area contributed by atoms with Crippen LogP contribution in [-0.2, 0) is 6.42 Å². The van der Waals surface area contributed by atoms with Gasteiger partial charge in [0, 0.05) is 35.8 Å². The molecule has 0 fully saturated rings. The molecule has 2 N–H and O–H groups in total. The van der Waals surface area contributed by atoms with Crippen LogP contribution in [0.5, 0.6) is 0 Å². The minimum absolute atomic E-state index is 0.0178. The molecule has 2 aromatic heterocycles. The molecule has 0 saturated heterocycles. The average molecular weight is 309 g/mol. The fourth-order valence-electron chi connectivity index (χ4n) is 2.36. The molecule has 1 unspecified atom stereocenters. The maximum absolute atomic E-state index is 6.35. The lowest BCUT2D eigenvalue weighted by Crippen LogP contribution is -2.13. The van der Waals surface area contributed by atoms with Crippen molar-refractivity contribution in [3.8, 4) is 11.3 Å². The summed E-state index contributed by atoms with van der Waals surface area (Å²) in [7, 11) is 0. The van der Waals surface area contributed by atoms with E-state index in [-0.39, 0.29) is 6.04 Å². The molecule has 0 aliphatic carbocycles. The molecule has 3 nitrogen and oxygen atoms in total. The van der Waals surface area contributed by atoms with Crippen LogP contribution in [-0.4, -0.2) is 9.97 Å². The van der Waals surface area contributed by atoms with Crippen molar-refractivity contribution >= 4 is 11.3 Å². The first-order valence-electron chi connectivity index (χ1n) is 7.31. The molecular formula is C18H19N3S. The smallest absolute Gasteiger partial charge is 0.0951 e. The van der Waals surface area contributed by atoms with Crippen molar-refractivity contribution in [3.63, 3.8) is 0 Å². The Balaban J connectivity index is 1.76.